The van der Waals surface area contributed by atoms with E-state index in [0.717, 1.165) is 35.5 Å². The number of nitrogens with zero attached hydrogens (tertiary/aromatic N) is 2. The van der Waals surface area contributed by atoms with Crippen molar-refractivity contribution in [3.8, 4) is 17.0 Å². The van der Waals surface area contributed by atoms with Crippen molar-refractivity contribution in [1.82, 2.24) is 9.88 Å². The Hall–Kier alpha value is -2.71. The first-order chi connectivity index (χ1) is 14.9. The normalized spacial score (nSPS) is 16.8. The van der Waals surface area contributed by atoms with Gasteiger partial charge in [0.2, 0.25) is 0 Å². The summed E-state index contributed by atoms with van der Waals surface area (Å²) < 4.78 is 29.0. The number of thiazole rings is 1. The summed E-state index contributed by atoms with van der Waals surface area (Å²) in [6.07, 6.45) is 4.08. The number of benzene rings is 2. The summed E-state index contributed by atoms with van der Waals surface area (Å²) >= 11 is 1.53. The second kappa shape index (κ2) is 9.20. The van der Waals surface area contributed by atoms with Gasteiger partial charge in [0.25, 0.3) is 5.91 Å². The van der Waals surface area contributed by atoms with Gasteiger partial charge in [-0.1, -0.05) is 30.3 Å². The van der Waals surface area contributed by atoms with Gasteiger partial charge in [-0.3, -0.25) is 4.79 Å². The predicted octanol–water partition coefficient (Wildman–Crippen LogP) is 4.35. The van der Waals surface area contributed by atoms with Gasteiger partial charge in [-0.05, 0) is 43.5 Å². The van der Waals surface area contributed by atoms with Crippen LogP contribution in [0.2, 0.25) is 0 Å². The molecule has 1 atom stereocenters. The molecule has 8 heteroatoms. The molecular formula is C23H24N2O4S2. The van der Waals surface area contributed by atoms with Gasteiger partial charge < -0.3 is 9.64 Å². The lowest BCUT2D eigenvalue weighted by Gasteiger charge is -2.34. The van der Waals surface area contributed by atoms with E-state index in [-0.39, 0.29) is 23.5 Å². The van der Waals surface area contributed by atoms with Crippen LogP contribution >= 0.6 is 11.3 Å². The topological polar surface area (TPSA) is 76.6 Å². The molecule has 162 valence electrons. The van der Waals surface area contributed by atoms with E-state index in [4.69, 9.17) is 9.72 Å². The zero-order valence-corrected chi connectivity index (χ0v) is 18.9. The molecule has 4 rings (SSSR count). The van der Waals surface area contributed by atoms with E-state index >= 15 is 0 Å². The predicted molar refractivity (Wildman–Crippen MR) is 121 cm³/mol. The number of rotatable bonds is 6. The summed E-state index contributed by atoms with van der Waals surface area (Å²) in [5.41, 5.74) is 1.65. The van der Waals surface area contributed by atoms with Crippen molar-refractivity contribution in [2.75, 3.05) is 19.4 Å². The molecule has 1 aromatic heterocycles. The number of ether oxygens (including phenoxy) is 1. The Labute approximate surface area is 186 Å². The van der Waals surface area contributed by atoms with Crippen molar-refractivity contribution in [2.24, 2.45) is 0 Å². The second-order valence-electron chi connectivity index (χ2n) is 7.57. The summed E-state index contributed by atoms with van der Waals surface area (Å²) in [6.45, 7) is 0.700. The monoisotopic (exact) mass is 456 g/mol. The van der Waals surface area contributed by atoms with Crippen LogP contribution in [0.25, 0.3) is 11.3 Å². The van der Waals surface area contributed by atoms with Gasteiger partial charge in [0, 0.05) is 23.7 Å². The van der Waals surface area contributed by atoms with Crippen LogP contribution in [-0.2, 0) is 14.6 Å². The minimum absolute atomic E-state index is 0.00565. The fourth-order valence-electron chi connectivity index (χ4n) is 3.68. The zero-order chi connectivity index (χ0) is 21.8. The van der Waals surface area contributed by atoms with Gasteiger partial charge in [0.05, 0.1) is 16.6 Å². The maximum absolute atomic E-state index is 12.9. The number of carbonyl (C=O) groups is 1. The summed E-state index contributed by atoms with van der Waals surface area (Å²) in [5, 5.41) is 2.86. The highest BCUT2D eigenvalue weighted by molar-refractivity contribution is 7.90. The average molecular weight is 457 g/mol. The number of sulfone groups is 1. The van der Waals surface area contributed by atoms with Gasteiger partial charge in [0.1, 0.15) is 10.8 Å². The zero-order valence-electron chi connectivity index (χ0n) is 17.2. The molecule has 2 heterocycles. The summed E-state index contributed by atoms with van der Waals surface area (Å²) in [5.74, 6) is 0.640. The number of hydrogen-bond donors (Lipinski definition) is 0. The van der Waals surface area contributed by atoms with Crippen LogP contribution in [0.15, 0.2) is 64.9 Å². The number of para-hydroxylation sites is 1. The minimum atomic E-state index is -3.23. The van der Waals surface area contributed by atoms with Gasteiger partial charge in [0.15, 0.2) is 16.4 Å². The number of aromatic nitrogens is 1. The first-order valence-electron chi connectivity index (χ1n) is 10.1. The lowest BCUT2D eigenvalue weighted by Crippen LogP contribution is -2.41. The third-order valence-electron chi connectivity index (χ3n) is 5.31. The summed E-state index contributed by atoms with van der Waals surface area (Å²) in [7, 11) is -3.23. The summed E-state index contributed by atoms with van der Waals surface area (Å²) in [4.78, 5) is 19.8. The first kappa shape index (κ1) is 21.5. The molecule has 6 nitrogen and oxygen atoms in total. The molecule has 1 aliphatic heterocycles. The van der Waals surface area contributed by atoms with E-state index in [0.29, 0.717) is 12.3 Å². The number of hydrogen-bond acceptors (Lipinski definition) is 6. The molecule has 0 bridgehead atoms. The maximum Gasteiger partial charge on any atom is 0.261 e. The molecule has 0 saturated carbocycles. The molecule has 1 unspecified atom stereocenters. The number of likely N-dealkylation sites (tertiary alicyclic amines) is 1. The highest BCUT2D eigenvalue weighted by Crippen LogP contribution is 2.35. The van der Waals surface area contributed by atoms with Crippen LogP contribution in [0, 0.1) is 0 Å². The van der Waals surface area contributed by atoms with Gasteiger partial charge in [-0.15, -0.1) is 11.3 Å². The molecule has 31 heavy (non-hydrogen) atoms. The van der Waals surface area contributed by atoms with Crippen LogP contribution in [-0.4, -0.2) is 43.6 Å². The largest absolute Gasteiger partial charge is 0.484 e. The van der Waals surface area contributed by atoms with E-state index in [2.05, 4.69) is 0 Å². The molecule has 1 amide bonds. The van der Waals surface area contributed by atoms with Crippen LogP contribution in [0.1, 0.15) is 30.3 Å². The first-order valence-corrected chi connectivity index (χ1v) is 12.9. The fraction of sp³-hybridized carbons (Fsp3) is 0.304. The molecular weight excluding hydrogens is 432 g/mol. The van der Waals surface area contributed by atoms with Crippen molar-refractivity contribution >= 4 is 27.1 Å². The number of piperidine rings is 1. The Bertz CT molecular complexity index is 1140. The molecule has 0 spiro atoms. The maximum atomic E-state index is 12.9. The highest BCUT2D eigenvalue weighted by Gasteiger charge is 2.30. The Morgan fingerprint density at radius 3 is 2.58 bits per heavy atom. The Balaban J connectivity index is 1.48. The fourth-order valence-corrected chi connectivity index (χ4v) is 5.28. The van der Waals surface area contributed by atoms with E-state index in [1.165, 1.54) is 17.6 Å². The van der Waals surface area contributed by atoms with E-state index in [1.54, 1.807) is 24.3 Å². The van der Waals surface area contributed by atoms with E-state index in [1.807, 2.05) is 40.6 Å². The van der Waals surface area contributed by atoms with Crippen molar-refractivity contribution in [3.05, 3.63) is 65.0 Å². The van der Waals surface area contributed by atoms with Crippen LogP contribution in [0.3, 0.4) is 0 Å². The molecule has 0 radical (unpaired) electrons. The molecule has 0 aliphatic carbocycles. The smallest absolute Gasteiger partial charge is 0.261 e. The molecule has 2 aromatic carbocycles. The lowest BCUT2D eigenvalue weighted by atomic mass is 10.0. The van der Waals surface area contributed by atoms with E-state index in [9.17, 15) is 13.2 Å². The molecule has 1 saturated heterocycles. The lowest BCUT2D eigenvalue weighted by molar-refractivity contribution is -0.137. The van der Waals surface area contributed by atoms with E-state index < -0.39 is 9.84 Å². The van der Waals surface area contributed by atoms with Crippen LogP contribution in [0.4, 0.5) is 0 Å². The molecule has 1 fully saturated rings. The number of carbonyl (C=O) groups excluding carboxylic acids is 1. The van der Waals surface area contributed by atoms with Gasteiger partial charge in [-0.2, -0.15) is 0 Å². The van der Waals surface area contributed by atoms with Crippen molar-refractivity contribution in [2.45, 2.75) is 30.2 Å². The van der Waals surface area contributed by atoms with Crippen LogP contribution in [0.5, 0.6) is 5.75 Å². The molecule has 3 aromatic rings. The van der Waals surface area contributed by atoms with Crippen molar-refractivity contribution in [1.29, 1.82) is 0 Å². The molecule has 0 N–H and O–H groups in total. The average Bonchev–Trinajstić information content (AvgIpc) is 3.28. The highest BCUT2D eigenvalue weighted by atomic mass is 32.2. The second-order valence-corrected chi connectivity index (χ2v) is 10.5. The van der Waals surface area contributed by atoms with Crippen molar-refractivity contribution < 1.29 is 17.9 Å². The van der Waals surface area contributed by atoms with Gasteiger partial charge in [-0.25, -0.2) is 13.4 Å². The number of amides is 1. The SMILES string of the molecule is CS(=O)(=O)c1ccc(-c2csc(C3CCCCN3C(=O)COc3ccccc3)n2)cc1. The standard InChI is InChI=1S/C23H24N2O4S2/c1-31(27,28)19-12-10-17(11-13-19)20-16-30-23(24-20)21-9-5-6-14-25(21)22(26)15-29-18-7-3-2-4-8-18/h2-4,7-8,10-13,16,21H,5-6,9,14-15H2,1H3. The Kier molecular flexibility index (Phi) is 6.38. The third kappa shape index (κ3) is 5.14. The van der Waals surface area contributed by atoms with Gasteiger partial charge >= 0.3 is 0 Å². The Morgan fingerprint density at radius 2 is 1.87 bits per heavy atom. The Morgan fingerprint density at radius 1 is 1.13 bits per heavy atom. The third-order valence-corrected chi connectivity index (χ3v) is 7.39. The van der Waals surface area contributed by atoms with Crippen molar-refractivity contribution in [3.63, 3.8) is 0 Å². The molecule has 1 aliphatic rings. The quantitative estimate of drug-likeness (QED) is 0.551. The minimum Gasteiger partial charge on any atom is -0.484 e. The summed E-state index contributed by atoms with van der Waals surface area (Å²) in [6, 6.07) is 16.0. The van der Waals surface area contributed by atoms with Crippen LogP contribution < -0.4 is 4.74 Å².